The Morgan fingerprint density at radius 1 is 1.14 bits per heavy atom. The minimum atomic E-state index is -0.400. The molecule has 220 valence electrons. The van der Waals surface area contributed by atoms with Crippen LogP contribution >= 0.6 is 22.7 Å². The van der Waals surface area contributed by atoms with E-state index >= 15 is 0 Å². The molecule has 4 heterocycles. The summed E-state index contributed by atoms with van der Waals surface area (Å²) in [6.45, 7) is 7.90. The molecule has 2 aromatic heterocycles. The third kappa shape index (κ3) is 6.22. The predicted molar refractivity (Wildman–Crippen MR) is 168 cm³/mol. The number of benzene rings is 2. The minimum absolute atomic E-state index is 0.0464. The quantitative estimate of drug-likeness (QED) is 0.221. The van der Waals surface area contributed by atoms with Crippen molar-refractivity contribution in [2.75, 3.05) is 31.6 Å². The monoisotopic (exact) mass is 604 g/mol. The summed E-state index contributed by atoms with van der Waals surface area (Å²) in [5.41, 5.74) is 4.24. The van der Waals surface area contributed by atoms with E-state index < -0.39 is 6.09 Å². The number of nitrogens with one attached hydrogen (secondary N) is 1. The van der Waals surface area contributed by atoms with Gasteiger partial charge in [-0.1, -0.05) is 49.4 Å². The van der Waals surface area contributed by atoms with E-state index in [4.69, 9.17) is 14.5 Å². The van der Waals surface area contributed by atoms with Gasteiger partial charge in [-0.15, -0.1) is 22.7 Å². The van der Waals surface area contributed by atoms with Crippen LogP contribution in [0, 0.1) is 0 Å². The van der Waals surface area contributed by atoms with Crippen molar-refractivity contribution in [3.8, 4) is 10.6 Å². The van der Waals surface area contributed by atoms with E-state index in [-0.39, 0.29) is 31.5 Å². The normalized spacial score (nSPS) is 16.0. The highest BCUT2D eigenvalue weighted by Crippen LogP contribution is 2.46. The van der Waals surface area contributed by atoms with Gasteiger partial charge in [0.25, 0.3) is 0 Å². The molecular formula is C32H36N4O4S2. The average molecular weight is 605 g/mol. The third-order valence-electron chi connectivity index (χ3n) is 8.13. The van der Waals surface area contributed by atoms with Crippen LogP contribution in [0.25, 0.3) is 20.8 Å². The Morgan fingerprint density at radius 3 is 2.67 bits per heavy atom. The summed E-state index contributed by atoms with van der Waals surface area (Å²) < 4.78 is 12.2. The van der Waals surface area contributed by atoms with Gasteiger partial charge in [-0.2, -0.15) is 0 Å². The molecule has 0 aliphatic carbocycles. The van der Waals surface area contributed by atoms with Crippen LogP contribution in [0.1, 0.15) is 42.7 Å². The summed E-state index contributed by atoms with van der Waals surface area (Å²) in [5.74, 6) is -0.121. The SMILES string of the molecule is CCC(C)N(CCC(=O)Nc1sc2c(c1-c1nc3ccccc3s1)CCN(C1COC1)C2)C(=O)OCc1ccccc1. The van der Waals surface area contributed by atoms with Gasteiger partial charge in [0, 0.05) is 42.5 Å². The van der Waals surface area contributed by atoms with E-state index in [9.17, 15) is 9.59 Å². The van der Waals surface area contributed by atoms with Crippen LogP contribution in [0.5, 0.6) is 0 Å². The summed E-state index contributed by atoms with van der Waals surface area (Å²) in [4.78, 5) is 36.8. The zero-order valence-corrected chi connectivity index (χ0v) is 25.6. The molecule has 0 bridgehead atoms. The molecule has 1 fully saturated rings. The molecule has 4 aromatic rings. The maximum atomic E-state index is 13.4. The van der Waals surface area contributed by atoms with Crippen molar-refractivity contribution in [2.45, 2.75) is 58.3 Å². The van der Waals surface area contributed by atoms with Crippen molar-refractivity contribution in [1.29, 1.82) is 0 Å². The molecule has 6 rings (SSSR count). The second kappa shape index (κ2) is 12.9. The van der Waals surface area contributed by atoms with Crippen LogP contribution in [0.15, 0.2) is 54.6 Å². The third-order valence-corrected chi connectivity index (χ3v) is 10.3. The maximum absolute atomic E-state index is 13.4. The van der Waals surface area contributed by atoms with Gasteiger partial charge in [-0.25, -0.2) is 9.78 Å². The van der Waals surface area contributed by atoms with E-state index in [1.165, 1.54) is 10.4 Å². The highest BCUT2D eigenvalue weighted by molar-refractivity contribution is 7.22. The number of nitrogens with zero attached hydrogens (tertiary/aromatic N) is 3. The fraction of sp³-hybridized carbons (Fsp3) is 0.406. The fourth-order valence-electron chi connectivity index (χ4n) is 5.39. The number of rotatable bonds is 10. The van der Waals surface area contributed by atoms with Gasteiger partial charge in [-0.3, -0.25) is 9.69 Å². The number of hydrogen-bond donors (Lipinski definition) is 1. The van der Waals surface area contributed by atoms with Crippen LogP contribution in [-0.4, -0.2) is 65.2 Å². The molecule has 0 saturated carbocycles. The van der Waals surface area contributed by atoms with Gasteiger partial charge in [0.2, 0.25) is 5.91 Å². The summed E-state index contributed by atoms with van der Waals surface area (Å²) >= 11 is 3.32. The van der Waals surface area contributed by atoms with Crippen molar-refractivity contribution >= 4 is 49.9 Å². The van der Waals surface area contributed by atoms with E-state index in [0.717, 1.165) is 70.5 Å². The van der Waals surface area contributed by atoms with E-state index in [2.05, 4.69) is 16.3 Å². The number of thiazole rings is 1. The van der Waals surface area contributed by atoms with Crippen molar-refractivity contribution in [3.63, 3.8) is 0 Å². The van der Waals surface area contributed by atoms with Crippen molar-refractivity contribution in [1.82, 2.24) is 14.8 Å². The Labute approximate surface area is 254 Å². The zero-order chi connectivity index (χ0) is 29.1. The Balaban J connectivity index is 1.18. The number of carbonyl (C=O) groups is 2. The predicted octanol–water partition coefficient (Wildman–Crippen LogP) is 6.55. The number of para-hydroxylation sites is 1. The first-order valence-corrected chi connectivity index (χ1v) is 16.2. The molecule has 2 aliphatic heterocycles. The highest BCUT2D eigenvalue weighted by atomic mass is 32.1. The lowest BCUT2D eigenvalue weighted by molar-refractivity contribution is -0.116. The molecule has 10 heteroatoms. The number of carbonyl (C=O) groups excluding carboxylic acids is 2. The Morgan fingerprint density at radius 2 is 1.93 bits per heavy atom. The number of amides is 2. The molecule has 8 nitrogen and oxygen atoms in total. The largest absolute Gasteiger partial charge is 0.445 e. The van der Waals surface area contributed by atoms with E-state index in [0.29, 0.717) is 6.04 Å². The van der Waals surface area contributed by atoms with Crippen LogP contribution < -0.4 is 5.32 Å². The first-order chi connectivity index (χ1) is 20.5. The summed E-state index contributed by atoms with van der Waals surface area (Å²) in [5, 5.41) is 5.00. The van der Waals surface area contributed by atoms with Crippen molar-refractivity contribution < 1.29 is 19.1 Å². The molecule has 1 N–H and O–H groups in total. The highest BCUT2D eigenvalue weighted by Gasteiger charge is 2.33. The molecule has 1 atom stereocenters. The van der Waals surface area contributed by atoms with Crippen LogP contribution in [0.3, 0.4) is 0 Å². The fourth-order valence-corrected chi connectivity index (χ4v) is 7.79. The van der Waals surface area contributed by atoms with Crippen LogP contribution in [-0.2, 0) is 33.8 Å². The summed E-state index contributed by atoms with van der Waals surface area (Å²) in [7, 11) is 0. The standard InChI is InChI=1S/C32H36N4O4S2/c1-3-21(2)36(32(38)40-18-22-9-5-4-6-10-22)16-14-28(37)34-31-29(30-33-25-11-7-8-12-26(25)41-30)24-13-15-35(17-27(24)42-31)23-19-39-20-23/h4-12,21,23H,3,13-20H2,1-2H3,(H,34,37). The average Bonchev–Trinajstić information content (AvgIpc) is 3.56. The number of fused-ring (bicyclic) bond motifs is 2. The van der Waals surface area contributed by atoms with Crippen LogP contribution in [0.4, 0.5) is 9.80 Å². The lowest BCUT2D eigenvalue weighted by Gasteiger charge is -2.39. The van der Waals surface area contributed by atoms with Gasteiger partial charge in [0.1, 0.15) is 16.6 Å². The zero-order valence-electron chi connectivity index (χ0n) is 24.0. The first kappa shape index (κ1) is 28.8. The van der Waals surface area contributed by atoms with E-state index in [1.54, 1.807) is 27.6 Å². The Hall–Kier alpha value is -3.31. The number of aromatic nitrogens is 1. The van der Waals surface area contributed by atoms with Gasteiger partial charge in [0.15, 0.2) is 0 Å². The van der Waals surface area contributed by atoms with E-state index in [1.807, 2.05) is 62.4 Å². The molecule has 1 saturated heterocycles. The van der Waals surface area contributed by atoms with Gasteiger partial charge >= 0.3 is 6.09 Å². The summed E-state index contributed by atoms with van der Waals surface area (Å²) in [6, 6.07) is 18.2. The number of hydrogen-bond acceptors (Lipinski definition) is 8. The van der Waals surface area contributed by atoms with Gasteiger partial charge in [0.05, 0.1) is 29.5 Å². The number of anilines is 1. The van der Waals surface area contributed by atoms with Crippen molar-refractivity contribution in [3.05, 3.63) is 70.6 Å². The molecular weight excluding hydrogens is 569 g/mol. The number of thiophene rings is 1. The maximum Gasteiger partial charge on any atom is 0.410 e. The summed E-state index contributed by atoms with van der Waals surface area (Å²) in [6.07, 6.45) is 1.46. The molecule has 0 radical (unpaired) electrons. The number of ether oxygens (including phenoxy) is 2. The molecule has 0 spiro atoms. The molecule has 42 heavy (non-hydrogen) atoms. The minimum Gasteiger partial charge on any atom is -0.445 e. The Kier molecular flexibility index (Phi) is 8.85. The molecule has 2 aromatic carbocycles. The smallest absolute Gasteiger partial charge is 0.410 e. The van der Waals surface area contributed by atoms with Gasteiger partial charge in [-0.05, 0) is 43.0 Å². The second-order valence-electron chi connectivity index (χ2n) is 10.9. The van der Waals surface area contributed by atoms with Gasteiger partial charge < -0.3 is 19.7 Å². The lowest BCUT2D eigenvalue weighted by Crippen LogP contribution is -2.50. The first-order valence-electron chi connectivity index (χ1n) is 14.6. The second-order valence-corrected chi connectivity index (χ2v) is 13.0. The van der Waals surface area contributed by atoms with Crippen LogP contribution in [0.2, 0.25) is 0 Å². The molecule has 1 unspecified atom stereocenters. The topological polar surface area (TPSA) is 84.0 Å². The molecule has 2 aliphatic rings. The lowest BCUT2D eigenvalue weighted by atomic mass is 10.0. The van der Waals surface area contributed by atoms with Crippen molar-refractivity contribution in [2.24, 2.45) is 0 Å². The molecule has 2 amide bonds. The Bertz CT molecular complexity index is 1520.